The molecule has 5 atom stereocenters. The van der Waals surface area contributed by atoms with Gasteiger partial charge in [-0.15, -0.1) is 0 Å². The Bertz CT molecular complexity index is 2330. The van der Waals surface area contributed by atoms with Gasteiger partial charge in [-0.2, -0.15) is 0 Å². The number of anilines is 2. The molecule has 1 unspecified atom stereocenters. The molecule has 61 heavy (non-hydrogen) atoms. The second-order valence-corrected chi connectivity index (χ2v) is 18.7. The number of ether oxygens (including phenoxy) is 2. The van der Waals surface area contributed by atoms with Crippen LogP contribution in [0.5, 0.6) is 11.5 Å². The monoisotopic (exact) mass is 821 g/mol. The van der Waals surface area contributed by atoms with Gasteiger partial charge in [0.1, 0.15) is 24.1 Å². The van der Waals surface area contributed by atoms with Crippen LogP contribution in [-0.4, -0.2) is 103 Å². The lowest BCUT2D eigenvalue weighted by Crippen LogP contribution is -2.58. The van der Waals surface area contributed by atoms with Crippen LogP contribution in [0.1, 0.15) is 95.0 Å². The van der Waals surface area contributed by atoms with Crippen molar-refractivity contribution in [3.05, 3.63) is 118 Å². The molecule has 4 aromatic carbocycles. The van der Waals surface area contributed by atoms with E-state index in [0.29, 0.717) is 42.7 Å². The summed E-state index contributed by atoms with van der Waals surface area (Å²) in [6, 6.07) is 29.7. The standard InChI is InChI=1S/C50H55N5O6/c56-38-11-13-40-35(26-38)8-12-39(33-4-2-1-3-5-33)46(40)34-6-9-36(10-7-34)53-22-20-50(21-23-53)19-18-32(30-61-50)27-52-24-25-54-37(28-52)31-60-47-42-29-55(44-16-17-45(57)51-48(44)58)49(59)41(42)14-15-43(47)54/h1-7,9-11,13-15,26,32,37,39,44,46,56H,8,12,16-25,27-31H2,(H,51,57,58)/t32?,37-,39-,44+,46+/m1/s1. The van der Waals surface area contributed by atoms with Gasteiger partial charge in [0, 0.05) is 68.4 Å². The summed E-state index contributed by atoms with van der Waals surface area (Å²) in [6.45, 7) is 7.51. The van der Waals surface area contributed by atoms with Gasteiger partial charge in [-0.1, -0.05) is 48.5 Å². The van der Waals surface area contributed by atoms with E-state index in [1.807, 2.05) is 24.3 Å². The molecular weight excluding hydrogens is 767 g/mol. The number of carbonyl (C=O) groups excluding carboxylic acids is 3. The lowest BCUT2D eigenvalue weighted by atomic mass is 9.69. The van der Waals surface area contributed by atoms with E-state index in [9.17, 15) is 19.5 Å². The molecule has 7 aliphatic rings. The molecule has 4 fully saturated rings. The number of hydrogen-bond donors (Lipinski definition) is 2. The van der Waals surface area contributed by atoms with E-state index in [0.717, 1.165) is 95.0 Å². The third kappa shape index (κ3) is 7.03. The molecule has 0 aromatic heterocycles. The summed E-state index contributed by atoms with van der Waals surface area (Å²) >= 11 is 0. The van der Waals surface area contributed by atoms with Crippen molar-refractivity contribution in [1.82, 2.24) is 15.1 Å². The molecule has 0 bridgehead atoms. The van der Waals surface area contributed by atoms with Crippen LogP contribution in [0, 0.1) is 5.92 Å². The van der Waals surface area contributed by atoms with Gasteiger partial charge in [-0.25, -0.2) is 0 Å². The maximum Gasteiger partial charge on any atom is 0.255 e. The summed E-state index contributed by atoms with van der Waals surface area (Å²) in [5.41, 5.74) is 9.05. The zero-order chi connectivity index (χ0) is 41.2. The number of piperidine rings is 2. The molecule has 6 heterocycles. The maximum atomic E-state index is 13.4. The fourth-order valence-electron chi connectivity index (χ4n) is 11.9. The van der Waals surface area contributed by atoms with Crippen LogP contribution in [0.2, 0.25) is 0 Å². The Morgan fingerprint density at radius 3 is 2.41 bits per heavy atom. The van der Waals surface area contributed by atoms with Gasteiger partial charge in [0.25, 0.3) is 5.91 Å². The number of aryl methyl sites for hydroxylation is 1. The highest BCUT2D eigenvalue weighted by atomic mass is 16.5. The number of rotatable bonds is 6. The SMILES string of the molecule is O=C1CC[C@H](N2Cc3c(ccc4c3OC[C@H]3CN(CC5CCC6(CCN(c7ccc([C@@H]8c9ccc(O)cc9CC[C@@H]8c8ccccc8)cc7)CC6)OC5)CCN43)C2=O)C(=O)N1. The summed E-state index contributed by atoms with van der Waals surface area (Å²) in [4.78, 5) is 46.9. The maximum absolute atomic E-state index is 13.4. The van der Waals surface area contributed by atoms with Gasteiger partial charge < -0.3 is 29.3 Å². The fraction of sp³-hybridized carbons (Fsp3) is 0.460. The molecule has 6 aliphatic heterocycles. The average Bonchev–Trinajstić information content (AvgIpc) is 3.63. The van der Waals surface area contributed by atoms with Crippen LogP contribution in [0.15, 0.2) is 84.9 Å². The Hall–Kier alpha value is -5.39. The van der Waals surface area contributed by atoms with Crippen LogP contribution in [0.4, 0.5) is 11.4 Å². The van der Waals surface area contributed by atoms with Crippen molar-refractivity contribution in [1.29, 1.82) is 0 Å². The third-order valence-electron chi connectivity index (χ3n) is 15.2. The normalized spacial score (nSPS) is 27.2. The Morgan fingerprint density at radius 2 is 1.62 bits per heavy atom. The van der Waals surface area contributed by atoms with Crippen LogP contribution in [0.3, 0.4) is 0 Å². The van der Waals surface area contributed by atoms with E-state index in [1.165, 1.54) is 34.4 Å². The third-order valence-corrected chi connectivity index (χ3v) is 15.2. The van der Waals surface area contributed by atoms with Crippen molar-refractivity contribution >= 4 is 29.1 Å². The second kappa shape index (κ2) is 15.5. The number of fused-ring (bicyclic) bond motifs is 6. The number of amides is 3. The van der Waals surface area contributed by atoms with Crippen molar-refractivity contribution in [2.24, 2.45) is 5.92 Å². The summed E-state index contributed by atoms with van der Waals surface area (Å²) in [7, 11) is 0. The molecule has 11 rings (SSSR count). The van der Waals surface area contributed by atoms with Gasteiger partial charge in [0.15, 0.2) is 0 Å². The largest absolute Gasteiger partial charge is 0.508 e. The molecule has 3 amide bonds. The molecule has 4 saturated heterocycles. The van der Waals surface area contributed by atoms with Crippen molar-refractivity contribution in [3.8, 4) is 11.5 Å². The Labute approximate surface area is 357 Å². The molecule has 11 nitrogen and oxygen atoms in total. The van der Waals surface area contributed by atoms with Gasteiger partial charge in [0.05, 0.1) is 30.5 Å². The summed E-state index contributed by atoms with van der Waals surface area (Å²) in [6.07, 6.45) is 7.03. The predicted octanol–water partition coefficient (Wildman–Crippen LogP) is 6.36. The Morgan fingerprint density at radius 1 is 0.787 bits per heavy atom. The van der Waals surface area contributed by atoms with E-state index in [1.54, 1.807) is 4.90 Å². The molecule has 1 spiro atoms. The van der Waals surface area contributed by atoms with Crippen molar-refractivity contribution in [2.75, 3.05) is 62.3 Å². The molecule has 11 heteroatoms. The smallest absolute Gasteiger partial charge is 0.255 e. The van der Waals surface area contributed by atoms with Crippen LogP contribution < -0.4 is 19.9 Å². The summed E-state index contributed by atoms with van der Waals surface area (Å²) in [5.74, 6) is 1.43. The van der Waals surface area contributed by atoms with E-state index in [2.05, 4.69) is 80.7 Å². The van der Waals surface area contributed by atoms with Crippen molar-refractivity contribution in [3.63, 3.8) is 0 Å². The summed E-state index contributed by atoms with van der Waals surface area (Å²) < 4.78 is 13.3. The first-order valence-corrected chi connectivity index (χ1v) is 22.6. The predicted molar refractivity (Wildman–Crippen MR) is 232 cm³/mol. The Kier molecular flexibility index (Phi) is 9.79. The minimum absolute atomic E-state index is 0.0255. The van der Waals surface area contributed by atoms with Gasteiger partial charge in [0.2, 0.25) is 11.8 Å². The Balaban J connectivity index is 0.681. The zero-order valence-electron chi connectivity index (χ0n) is 34.8. The molecule has 1 aliphatic carbocycles. The van der Waals surface area contributed by atoms with Gasteiger partial charge in [-0.05, 0) is 115 Å². The zero-order valence-corrected chi connectivity index (χ0v) is 34.8. The molecule has 0 saturated carbocycles. The number of aromatic hydroxyl groups is 1. The average molecular weight is 822 g/mol. The molecular formula is C50H55N5O6. The topological polar surface area (TPSA) is 115 Å². The van der Waals surface area contributed by atoms with E-state index >= 15 is 0 Å². The van der Waals surface area contributed by atoms with E-state index in [-0.39, 0.29) is 35.8 Å². The number of phenols is 1. The first-order valence-electron chi connectivity index (χ1n) is 22.6. The van der Waals surface area contributed by atoms with Crippen LogP contribution in [-0.2, 0) is 27.3 Å². The first kappa shape index (κ1) is 38.5. The molecule has 316 valence electrons. The quantitative estimate of drug-likeness (QED) is 0.215. The highest BCUT2D eigenvalue weighted by Crippen LogP contribution is 2.48. The number of imide groups is 1. The van der Waals surface area contributed by atoms with Crippen LogP contribution in [0.25, 0.3) is 0 Å². The van der Waals surface area contributed by atoms with E-state index < -0.39 is 11.9 Å². The number of benzene rings is 4. The lowest BCUT2D eigenvalue weighted by molar-refractivity contribution is -0.136. The second-order valence-electron chi connectivity index (χ2n) is 18.7. The number of piperazine rings is 1. The molecule has 0 radical (unpaired) electrons. The number of nitrogens with one attached hydrogen (secondary N) is 1. The highest BCUT2D eigenvalue weighted by molar-refractivity contribution is 6.06. The highest BCUT2D eigenvalue weighted by Gasteiger charge is 2.44. The van der Waals surface area contributed by atoms with Crippen LogP contribution >= 0.6 is 0 Å². The fourth-order valence-corrected chi connectivity index (χ4v) is 11.9. The minimum atomic E-state index is -0.637. The van der Waals surface area contributed by atoms with E-state index in [4.69, 9.17) is 9.47 Å². The minimum Gasteiger partial charge on any atom is -0.508 e. The number of carbonyl (C=O) groups is 3. The van der Waals surface area contributed by atoms with Gasteiger partial charge in [-0.3, -0.25) is 24.6 Å². The number of phenolic OH excluding ortho intramolecular Hbond substituents is 1. The number of nitrogens with zero attached hydrogens (tertiary/aromatic N) is 4. The number of hydrogen-bond acceptors (Lipinski definition) is 9. The first-order chi connectivity index (χ1) is 29.8. The van der Waals surface area contributed by atoms with Crippen molar-refractivity contribution in [2.45, 2.75) is 87.4 Å². The summed E-state index contributed by atoms with van der Waals surface area (Å²) in [5, 5.41) is 12.7. The molecule has 4 aromatic rings. The lowest BCUT2D eigenvalue weighted by Gasteiger charge is -2.49. The molecule has 2 N–H and O–H groups in total. The van der Waals surface area contributed by atoms with Crippen molar-refractivity contribution < 1.29 is 29.0 Å². The van der Waals surface area contributed by atoms with Gasteiger partial charge >= 0.3 is 0 Å².